The number of ether oxygens (including phenoxy) is 2. The predicted octanol–water partition coefficient (Wildman–Crippen LogP) is 5.04. The van der Waals surface area contributed by atoms with Crippen LogP contribution in [0.5, 0.6) is 5.75 Å². The van der Waals surface area contributed by atoms with Gasteiger partial charge in [0.2, 0.25) is 0 Å². The van der Waals surface area contributed by atoms with Gasteiger partial charge in [-0.3, -0.25) is 0 Å². The van der Waals surface area contributed by atoms with E-state index in [0.717, 1.165) is 22.4 Å². The molecule has 0 aliphatic carbocycles. The maximum atomic E-state index is 12.4. The highest BCUT2D eigenvalue weighted by Gasteiger charge is 2.17. The minimum atomic E-state index is -0.326. The van der Waals surface area contributed by atoms with Crippen LogP contribution in [0.2, 0.25) is 5.02 Å². The zero-order chi connectivity index (χ0) is 18.5. The van der Waals surface area contributed by atoms with E-state index in [9.17, 15) is 4.79 Å². The first-order valence-corrected chi connectivity index (χ1v) is 8.74. The van der Waals surface area contributed by atoms with Crippen LogP contribution in [-0.2, 0) is 11.3 Å². The van der Waals surface area contributed by atoms with Gasteiger partial charge in [0, 0.05) is 29.5 Å². The van der Waals surface area contributed by atoms with Gasteiger partial charge >= 0.3 is 5.97 Å². The van der Waals surface area contributed by atoms with E-state index in [2.05, 4.69) is 0 Å². The molecule has 0 aliphatic heterocycles. The number of nitrogens with zero attached hydrogens (tertiary/aromatic N) is 1. The lowest BCUT2D eigenvalue weighted by atomic mass is 10.0. The molecule has 2 aromatic carbocycles. The molecule has 0 radical (unpaired) electrons. The fourth-order valence-electron chi connectivity index (χ4n) is 2.77. The van der Waals surface area contributed by atoms with Crippen LogP contribution in [0.25, 0.3) is 11.1 Å². The van der Waals surface area contributed by atoms with Crippen LogP contribution in [0.4, 0.5) is 0 Å². The van der Waals surface area contributed by atoms with Crippen LogP contribution in [0.15, 0.2) is 60.9 Å². The van der Waals surface area contributed by atoms with Crippen molar-refractivity contribution in [2.45, 2.75) is 13.5 Å². The summed E-state index contributed by atoms with van der Waals surface area (Å²) in [5.74, 6) is 0.445. The summed E-state index contributed by atoms with van der Waals surface area (Å²) in [5.41, 5.74) is 3.41. The quantitative estimate of drug-likeness (QED) is 0.571. The van der Waals surface area contributed by atoms with Crippen molar-refractivity contribution >= 4 is 17.6 Å². The Morgan fingerprint density at radius 2 is 1.73 bits per heavy atom. The van der Waals surface area contributed by atoms with Crippen LogP contribution < -0.4 is 4.74 Å². The molecule has 0 unspecified atom stereocenters. The minimum Gasteiger partial charge on any atom is -0.497 e. The summed E-state index contributed by atoms with van der Waals surface area (Å²) in [5, 5.41) is 0.701. The normalized spacial score (nSPS) is 10.6. The molecule has 5 heteroatoms. The molecule has 0 bridgehead atoms. The summed E-state index contributed by atoms with van der Waals surface area (Å²) < 4.78 is 12.4. The van der Waals surface area contributed by atoms with E-state index < -0.39 is 0 Å². The van der Waals surface area contributed by atoms with Gasteiger partial charge in [-0.05, 0) is 42.3 Å². The van der Waals surface area contributed by atoms with Gasteiger partial charge in [0.05, 0.1) is 19.3 Å². The van der Waals surface area contributed by atoms with Crippen molar-refractivity contribution in [3.63, 3.8) is 0 Å². The molecule has 0 aliphatic rings. The molecular weight excluding hydrogens is 350 g/mol. The van der Waals surface area contributed by atoms with Crippen LogP contribution in [0.1, 0.15) is 22.8 Å². The number of methoxy groups -OCH3 is 1. The molecule has 3 rings (SSSR count). The molecule has 1 heterocycles. The summed E-state index contributed by atoms with van der Waals surface area (Å²) in [6.07, 6.45) is 3.79. The molecule has 4 nitrogen and oxygen atoms in total. The van der Waals surface area contributed by atoms with Crippen molar-refractivity contribution in [1.29, 1.82) is 0 Å². The first-order valence-electron chi connectivity index (χ1n) is 8.36. The van der Waals surface area contributed by atoms with Crippen LogP contribution >= 0.6 is 11.6 Å². The number of aromatic nitrogens is 1. The van der Waals surface area contributed by atoms with Crippen molar-refractivity contribution in [1.82, 2.24) is 4.57 Å². The van der Waals surface area contributed by atoms with Crippen molar-refractivity contribution in [2.24, 2.45) is 0 Å². The molecule has 0 saturated heterocycles. The van der Waals surface area contributed by atoms with Gasteiger partial charge in [0.1, 0.15) is 5.75 Å². The number of hydrogen-bond donors (Lipinski definition) is 0. The maximum absolute atomic E-state index is 12.4. The van der Waals surface area contributed by atoms with Crippen molar-refractivity contribution in [3.8, 4) is 16.9 Å². The molecule has 0 fully saturated rings. The Morgan fingerprint density at radius 3 is 2.35 bits per heavy atom. The van der Waals surface area contributed by atoms with Gasteiger partial charge < -0.3 is 14.0 Å². The van der Waals surface area contributed by atoms with Gasteiger partial charge in [-0.1, -0.05) is 35.9 Å². The van der Waals surface area contributed by atoms with E-state index in [1.807, 2.05) is 65.5 Å². The monoisotopic (exact) mass is 369 g/mol. The molecule has 3 aromatic rings. The highest BCUT2D eigenvalue weighted by atomic mass is 35.5. The lowest BCUT2D eigenvalue weighted by molar-refractivity contribution is 0.0527. The van der Waals surface area contributed by atoms with Crippen LogP contribution in [0.3, 0.4) is 0 Å². The number of hydrogen-bond acceptors (Lipinski definition) is 3. The topological polar surface area (TPSA) is 40.5 Å². The Hall–Kier alpha value is -2.72. The fraction of sp³-hybridized carbons (Fsp3) is 0.190. The van der Waals surface area contributed by atoms with Crippen molar-refractivity contribution in [3.05, 3.63) is 77.1 Å². The summed E-state index contributed by atoms with van der Waals surface area (Å²) in [7, 11) is 1.63. The van der Waals surface area contributed by atoms with Crippen molar-refractivity contribution < 1.29 is 14.3 Å². The fourth-order valence-corrected chi connectivity index (χ4v) is 2.90. The zero-order valence-corrected chi connectivity index (χ0v) is 15.5. The number of carbonyl (C=O) groups is 1. The standard InChI is InChI=1S/C21H20ClNO3/c1-3-26-21(24)20-14-23(12-15-4-8-17(22)9-5-15)13-19(20)16-6-10-18(25-2)11-7-16/h4-11,13-14H,3,12H2,1-2H3. The molecule has 0 amide bonds. The summed E-state index contributed by atoms with van der Waals surface area (Å²) in [6.45, 7) is 2.78. The average Bonchev–Trinajstić information content (AvgIpc) is 3.08. The predicted molar refractivity (Wildman–Crippen MR) is 103 cm³/mol. The summed E-state index contributed by atoms with van der Waals surface area (Å²) in [4.78, 5) is 12.4. The second-order valence-electron chi connectivity index (χ2n) is 5.83. The molecule has 26 heavy (non-hydrogen) atoms. The third kappa shape index (κ3) is 4.09. The molecule has 0 N–H and O–H groups in total. The Bertz CT molecular complexity index is 883. The van der Waals surface area contributed by atoms with Gasteiger partial charge in [-0.25, -0.2) is 4.79 Å². The van der Waals surface area contributed by atoms with Crippen LogP contribution in [0, 0.1) is 0 Å². The molecule has 0 atom stereocenters. The zero-order valence-electron chi connectivity index (χ0n) is 14.7. The van der Waals surface area contributed by atoms with Gasteiger partial charge in [0.25, 0.3) is 0 Å². The minimum absolute atomic E-state index is 0.326. The molecule has 0 spiro atoms. The van der Waals surface area contributed by atoms with Crippen molar-refractivity contribution in [2.75, 3.05) is 13.7 Å². The largest absolute Gasteiger partial charge is 0.497 e. The Kier molecular flexibility index (Phi) is 5.64. The number of rotatable bonds is 6. The van der Waals surface area contributed by atoms with E-state index >= 15 is 0 Å². The first-order chi connectivity index (χ1) is 12.6. The SMILES string of the molecule is CCOC(=O)c1cn(Cc2ccc(Cl)cc2)cc1-c1ccc(OC)cc1. The van der Waals surface area contributed by atoms with E-state index in [1.165, 1.54) is 0 Å². The first kappa shape index (κ1) is 18.1. The highest BCUT2D eigenvalue weighted by Crippen LogP contribution is 2.28. The number of halogens is 1. The second kappa shape index (κ2) is 8.11. The molecule has 1 aromatic heterocycles. The maximum Gasteiger partial charge on any atom is 0.340 e. The second-order valence-corrected chi connectivity index (χ2v) is 6.27. The van der Waals surface area contributed by atoms with Gasteiger partial charge in [-0.2, -0.15) is 0 Å². The van der Waals surface area contributed by atoms with Gasteiger partial charge in [0.15, 0.2) is 0 Å². The Balaban J connectivity index is 1.96. The van der Waals surface area contributed by atoms with E-state index in [4.69, 9.17) is 21.1 Å². The Morgan fingerprint density at radius 1 is 1.04 bits per heavy atom. The van der Waals surface area contributed by atoms with Crippen LogP contribution in [-0.4, -0.2) is 24.3 Å². The van der Waals surface area contributed by atoms with E-state index in [1.54, 1.807) is 14.0 Å². The summed E-state index contributed by atoms with van der Waals surface area (Å²) >= 11 is 5.95. The van der Waals surface area contributed by atoms with E-state index in [-0.39, 0.29) is 5.97 Å². The molecule has 0 saturated carbocycles. The molecule has 134 valence electrons. The summed E-state index contributed by atoms with van der Waals surface area (Å²) in [6, 6.07) is 15.3. The lowest BCUT2D eigenvalue weighted by Gasteiger charge is -2.05. The molecular formula is C21H20ClNO3. The third-order valence-electron chi connectivity index (χ3n) is 4.05. The van der Waals surface area contributed by atoms with E-state index in [0.29, 0.717) is 23.7 Å². The average molecular weight is 370 g/mol. The number of benzene rings is 2. The highest BCUT2D eigenvalue weighted by molar-refractivity contribution is 6.30. The smallest absolute Gasteiger partial charge is 0.340 e. The lowest BCUT2D eigenvalue weighted by Crippen LogP contribution is -2.05. The Labute approximate surface area is 157 Å². The third-order valence-corrected chi connectivity index (χ3v) is 4.31. The number of carbonyl (C=O) groups excluding carboxylic acids is 1. The number of esters is 1. The van der Waals surface area contributed by atoms with Gasteiger partial charge in [-0.15, -0.1) is 0 Å².